The second-order valence-electron chi connectivity index (χ2n) is 4.56. The number of esters is 1. The van der Waals surface area contributed by atoms with E-state index in [0.29, 0.717) is 17.0 Å². The SMILES string of the molecule is COC(=O)c1ccc(-c2ccc(OC)c3nc(N)nn23)cc1. The molecule has 0 spiro atoms. The Hall–Kier alpha value is -3.09. The minimum Gasteiger partial charge on any atom is -0.493 e. The Balaban J connectivity index is 2.12. The molecule has 3 rings (SSSR count). The van der Waals surface area contributed by atoms with Gasteiger partial charge in [0.15, 0.2) is 11.4 Å². The standard InChI is InChI=1S/C15H14N4O3/c1-21-12-8-7-11(19-13(12)17-15(16)18-19)9-3-5-10(6-4-9)14(20)22-2/h3-8H,1-2H3,(H2,16,18). The first-order valence-corrected chi connectivity index (χ1v) is 6.52. The second kappa shape index (κ2) is 5.36. The Bertz CT molecular complexity index is 840. The van der Waals surface area contributed by atoms with E-state index in [1.807, 2.05) is 18.2 Å². The van der Waals surface area contributed by atoms with Gasteiger partial charge in [0.25, 0.3) is 0 Å². The number of fused-ring (bicyclic) bond motifs is 1. The smallest absolute Gasteiger partial charge is 0.337 e. The van der Waals surface area contributed by atoms with Crippen LogP contribution in [0.5, 0.6) is 5.75 Å². The Morgan fingerprint density at radius 1 is 1.14 bits per heavy atom. The maximum atomic E-state index is 11.5. The number of anilines is 1. The van der Waals surface area contributed by atoms with Crippen molar-refractivity contribution >= 4 is 17.6 Å². The molecule has 0 radical (unpaired) electrons. The summed E-state index contributed by atoms with van der Waals surface area (Å²) in [6, 6.07) is 10.7. The third-order valence-electron chi connectivity index (χ3n) is 3.29. The van der Waals surface area contributed by atoms with Crippen molar-refractivity contribution in [1.29, 1.82) is 0 Å². The Kier molecular flexibility index (Phi) is 3.38. The summed E-state index contributed by atoms with van der Waals surface area (Å²) in [7, 11) is 2.91. The largest absolute Gasteiger partial charge is 0.493 e. The van der Waals surface area contributed by atoms with Crippen molar-refractivity contribution in [2.24, 2.45) is 0 Å². The number of methoxy groups -OCH3 is 2. The summed E-state index contributed by atoms with van der Waals surface area (Å²) in [5.41, 5.74) is 8.35. The number of nitrogens with zero attached hydrogens (tertiary/aromatic N) is 3. The zero-order chi connectivity index (χ0) is 15.7. The Morgan fingerprint density at radius 3 is 2.50 bits per heavy atom. The van der Waals surface area contributed by atoms with Crippen LogP contribution in [-0.4, -0.2) is 34.8 Å². The molecule has 2 heterocycles. The molecule has 22 heavy (non-hydrogen) atoms. The topological polar surface area (TPSA) is 91.7 Å². The molecule has 0 saturated heterocycles. The van der Waals surface area contributed by atoms with Crippen molar-refractivity contribution in [3.8, 4) is 17.0 Å². The van der Waals surface area contributed by atoms with Crippen molar-refractivity contribution in [3.05, 3.63) is 42.0 Å². The molecule has 3 aromatic rings. The highest BCUT2D eigenvalue weighted by Gasteiger charge is 2.13. The van der Waals surface area contributed by atoms with Gasteiger partial charge in [0.2, 0.25) is 5.95 Å². The number of benzene rings is 1. The lowest BCUT2D eigenvalue weighted by molar-refractivity contribution is 0.0601. The molecule has 2 N–H and O–H groups in total. The summed E-state index contributed by atoms with van der Waals surface area (Å²) in [6.45, 7) is 0. The lowest BCUT2D eigenvalue weighted by Crippen LogP contribution is -2.01. The van der Waals surface area contributed by atoms with Crippen LogP contribution in [0.3, 0.4) is 0 Å². The molecule has 7 nitrogen and oxygen atoms in total. The summed E-state index contributed by atoms with van der Waals surface area (Å²) in [4.78, 5) is 15.6. The molecular weight excluding hydrogens is 284 g/mol. The maximum absolute atomic E-state index is 11.5. The number of nitrogens with two attached hydrogens (primary N) is 1. The molecule has 0 atom stereocenters. The van der Waals surface area contributed by atoms with E-state index in [1.54, 1.807) is 29.8 Å². The second-order valence-corrected chi connectivity index (χ2v) is 4.56. The van der Waals surface area contributed by atoms with Gasteiger partial charge in [-0.1, -0.05) is 12.1 Å². The lowest BCUT2D eigenvalue weighted by atomic mass is 10.1. The fraction of sp³-hybridized carbons (Fsp3) is 0.133. The minimum absolute atomic E-state index is 0.164. The number of carbonyl (C=O) groups is 1. The van der Waals surface area contributed by atoms with Gasteiger partial charge in [0, 0.05) is 5.56 Å². The molecule has 112 valence electrons. The molecule has 0 aliphatic heterocycles. The van der Waals surface area contributed by atoms with Gasteiger partial charge < -0.3 is 15.2 Å². The number of rotatable bonds is 3. The van der Waals surface area contributed by atoms with E-state index < -0.39 is 0 Å². The monoisotopic (exact) mass is 298 g/mol. The Labute approximate surface area is 126 Å². The van der Waals surface area contributed by atoms with E-state index in [-0.39, 0.29) is 11.9 Å². The first kappa shape index (κ1) is 13.9. The van der Waals surface area contributed by atoms with Crippen LogP contribution in [0.15, 0.2) is 36.4 Å². The molecule has 0 bridgehead atoms. The third kappa shape index (κ3) is 2.22. The number of carbonyl (C=O) groups excluding carboxylic acids is 1. The van der Waals surface area contributed by atoms with Crippen LogP contribution in [0.25, 0.3) is 16.9 Å². The van der Waals surface area contributed by atoms with Crippen molar-refractivity contribution < 1.29 is 14.3 Å². The normalized spacial score (nSPS) is 10.6. The summed E-state index contributed by atoms with van der Waals surface area (Å²) >= 11 is 0. The van der Waals surface area contributed by atoms with Crippen molar-refractivity contribution in [3.63, 3.8) is 0 Å². The highest BCUT2D eigenvalue weighted by Crippen LogP contribution is 2.26. The van der Waals surface area contributed by atoms with E-state index in [0.717, 1.165) is 11.3 Å². The molecule has 0 saturated carbocycles. The van der Waals surface area contributed by atoms with Gasteiger partial charge in [0.05, 0.1) is 25.5 Å². The highest BCUT2D eigenvalue weighted by atomic mass is 16.5. The van der Waals surface area contributed by atoms with E-state index in [2.05, 4.69) is 14.8 Å². The highest BCUT2D eigenvalue weighted by molar-refractivity contribution is 5.89. The average molecular weight is 298 g/mol. The summed E-state index contributed by atoms with van der Waals surface area (Å²) in [5, 5.41) is 4.18. The number of hydrogen-bond acceptors (Lipinski definition) is 6. The molecule has 0 fully saturated rings. The van der Waals surface area contributed by atoms with E-state index in [4.69, 9.17) is 10.5 Å². The average Bonchev–Trinajstić information content (AvgIpc) is 2.94. The van der Waals surface area contributed by atoms with Crippen molar-refractivity contribution in [2.45, 2.75) is 0 Å². The van der Waals surface area contributed by atoms with Crippen LogP contribution in [-0.2, 0) is 4.74 Å². The van der Waals surface area contributed by atoms with Crippen LogP contribution in [0.2, 0.25) is 0 Å². The molecule has 0 aliphatic rings. The van der Waals surface area contributed by atoms with Gasteiger partial charge >= 0.3 is 5.97 Å². The van der Waals surface area contributed by atoms with Gasteiger partial charge in [-0.05, 0) is 24.3 Å². The first-order chi connectivity index (χ1) is 10.6. The van der Waals surface area contributed by atoms with Gasteiger partial charge in [-0.15, -0.1) is 5.10 Å². The van der Waals surface area contributed by atoms with Crippen molar-refractivity contribution in [1.82, 2.24) is 14.6 Å². The fourth-order valence-electron chi connectivity index (χ4n) is 2.23. The minimum atomic E-state index is -0.378. The molecule has 2 aromatic heterocycles. The first-order valence-electron chi connectivity index (χ1n) is 6.52. The molecule has 7 heteroatoms. The number of hydrogen-bond donors (Lipinski definition) is 1. The maximum Gasteiger partial charge on any atom is 0.337 e. The quantitative estimate of drug-likeness (QED) is 0.741. The van der Waals surface area contributed by atoms with Crippen LogP contribution in [0, 0.1) is 0 Å². The summed E-state index contributed by atoms with van der Waals surface area (Å²) < 4.78 is 11.6. The van der Waals surface area contributed by atoms with Gasteiger partial charge in [-0.3, -0.25) is 0 Å². The molecule has 0 amide bonds. The van der Waals surface area contributed by atoms with Gasteiger partial charge in [-0.2, -0.15) is 4.98 Å². The third-order valence-corrected chi connectivity index (χ3v) is 3.29. The number of aromatic nitrogens is 3. The molecular formula is C15H14N4O3. The van der Waals surface area contributed by atoms with E-state index in [1.165, 1.54) is 7.11 Å². The lowest BCUT2D eigenvalue weighted by Gasteiger charge is -2.08. The predicted octanol–water partition coefficient (Wildman–Crippen LogP) is 1.77. The zero-order valence-electron chi connectivity index (χ0n) is 12.1. The van der Waals surface area contributed by atoms with Crippen LogP contribution in [0.4, 0.5) is 5.95 Å². The summed E-state index contributed by atoms with van der Waals surface area (Å²) in [5.74, 6) is 0.368. The predicted molar refractivity (Wildman–Crippen MR) is 80.7 cm³/mol. The fourth-order valence-corrected chi connectivity index (χ4v) is 2.23. The van der Waals surface area contributed by atoms with E-state index in [9.17, 15) is 4.79 Å². The number of ether oxygens (including phenoxy) is 2. The molecule has 0 aliphatic carbocycles. The zero-order valence-corrected chi connectivity index (χ0v) is 12.1. The molecule has 1 aromatic carbocycles. The number of pyridine rings is 1. The van der Waals surface area contributed by atoms with Crippen LogP contribution in [0.1, 0.15) is 10.4 Å². The number of nitrogen functional groups attached to an aromatic ring is 1. The van der Waals surface area contributed by atoms with Crippen LogP contribution >= 0.6 is 0 Å². The van der Waals surface area contributed by atoms with E-state index >= 15 is 0 Å². The Morgan fingerprint density at radius 2 is 1.86 bits per heavy atom. The van der Waals surface area contributed by atoms with Crippen LogP contribution < -0.4 is 10.5 Å². The van der Waals surface area contributed by atoms with Gasteiger partial charge in [-0.25, -0.2) is 9.31 Å². The van der Waals surface area contributed by atoms with Gasteiger partial charge in [0.1, 0.15) is 0 Å². The molecule has 0 unspecified atom stereocenters. The van der Waals surface area contributed by atoms with Crippen molar-refractivity contribution in [2.75, 3.05) is 20.0 Å². The summed E-state index contributed by atoms with van der Waals surface area (Å²) in [6.07, 6.45) is 0.